The zero-order chi connectivity index (χ0) is 19.9. The van der Waals surface area contributed by atoms with Crippen LogP contribution in [0.3, 0.4) is 0 Å². The first-order valence-electron chi connectivity index (χ1n) is 9.78. The van der Waals surface area contributed by atoms with E-state index in [9.17, 15) is 9.59 Å². The van der Waals surface area contributed by atoms with Gasteiger partial charge in [0.1, 0.15) is 0 Å². The number of amides is 2. The minimum atomic E-state index is -0.673. The van der Waals surface area contributed by atoms with Crippen LogP contribution in [0.4, 0.5) is 17.1 Å². The Bertz CT molecular complexity index is 822. The lowest BCUT2D eigenvalue weighted by Crippen LogP contribution is -2.37. The smallest absolute Gasteiger partial charge is 0.314 e. The van der Waals surface area contributed by atoms with Crippen LogP contribution in [-0.2, 0) is 27.2 Å². The Morgan fingerprint density at radius 1 is 0.893 bits per heavy atom. The third-order valence-electron chi connectivity index (χ3n) is 4.95. The van der Waals surface area contributed by atoms with Gasteiger partial charge < -0.3 is 20.3 Å². The summed E-state index contributed by atoms with van der Waals surface area (Å²) in [5.74, 6) is -1.33. The van der Waals surface area contributed by atoms with E-state index in [0.29, 0.717) is 18.9 Å². The van der Waals surface area contributed by atoms with Crippen molar-refractivity contribution >= 4 is 28.9 Å². The zero-order valence-corrected chi connectivity index (χ0v) is 16.5. The number of para-hydroxylation sites is 3. The Morgan fingerprint density at radius 3 is 2.14 bits per heavy atom. The van der Waals surface area contributed by atoms with Crippen molar-refractivity contribution in [2.45, 2.75) is 26.7 Å². The number of carbonyl (C=O) groups excluding carboxylic acids is 2. The molecule has 2 amide bonds. The van der Waals surface area contributed by atoms with Crippen molar-refractivity contribution in [3.63, 3.8) is 0 Å². The number of nitrogens with zero attached hydrogens (tertiary/aromatic N) is 1. The van der Waals surface area contributed by atoms with E-state index in [4.69, 9.17) is 4.74 Å². The Kier molecular flexibility index (Phi) is 6.66. The van der Waals surface area contributed by atoms with Gasteiger partial charge in [0.15, 0.2) is 0 Å². The SMILES string of the molecule is CCc1cccc(CC)c1NC(=O)C(=O)Nc1ccccc1N1CCOCC1. The molecule has 1 aliphatic rings. The van der Waals surface area contributed by atoms with Crippen LogP contribution in [0, 0.1) is 0 Å². The second-order valence-electron chi connectivity index (χ2n) is 6.68. The van der Waals surface area contributed by atoms with Crippen LogP contribution in [0.15, 0.2) is 42.5 Å². The average Bonchev–Trinajstić information content (AvgIpc) is 2.74. The Balaban J connectivity index is 1.75. The maximum absolute atomic E-state index is 12.6. The summed E-state index contributed by atoms with van der Waals surface area (Å²) in [7, 11) is 0. The van der Waals surface area contributed by atoms with Crippen molar-refractivity contribution in [2.24, 2.45) is 0 Å². The lowest BCUT2D eigenvalue weighted by atomic mass is 10.0. The van der Waals surface area contributed by atoms with Gasteiger partial charge in [-0.05, 0) is 36.1 Å². The van der Waals surface area contributed by atoms with Crippen LogP contribution >= 0.6 is 0 Å². The maximum atomic E-state index is 12.6. The summed E-state index contributed by atoms with van der Waals surface area (Å²) in [6.45, 7) is 6.87. The minimum absolute atomic E-state index is 0.629. The molecule has 0 unspecified atom stereocenters. The first-order chi connectivity index (χ1) is 13.6. The van der Waals surface area contributed by atoms with Crippen LogP contribution < -0.4 is 15.5 Å². The summed E-state index contributed by atoms with van der Waals surface area (Å²) < 4.78 is 5.40. The second kappa shape index (κ2) is 9.37. The molecule has 3 rings (SSSR count). The number of hydrogen-bond donors (Lipinski definition) is 2. The second-order valence-corrected chi connectivity index (χ2v) is 6.68. The van der Waals surface area contributed by atoms with Crippen molar-refractivity contribution in [3.05, 3.63) is 53.6 Å². The number of anilines is 3. The Labute approximate surface area is 165 Å². The molecule has 6 nitrogen and oxygen atoms in total. The molecule has 0 saturated carbocycles. The van der Waals surface area contributed by atoms with Gasteiger partial charge in [-0.15, -0.1) is 0 Å². The van der Waals surface area contributed by atoms with Gasteiger partial charge in [-0.1, -0.05) is 44.2 Å². The molecule has 1 aliphatic heterocycles. The maximum Gasteiger partial charge on any atom is 0.314 e. The van der Waals surface area contributed by atoms with Crippen molar-refractivity contribution in [1.82, 2.24) is 0 Å². The zero-order valence-electron chi connectivity index (χ0n) is 16.5. The summed E-state index contributed by atoms with van der Waals surface area (Å²) in [6.07, 6.45) is 1.57. The molecule has 1 heterocycles. The highest BCUT2D eigenvalue weighted by Gasteiger charge is 2.20. The molecular formula is C22H27N3O3. The average molecular weight is 381 g/mol. The van der Waals surface area contributed by atoms with Gasteiger partial charge in [0, 0.05) is 18.8 Å². The van der Waals surface area contributed by atoms with Crippen molar-refractivity contribution in [2.75, 3.05) is 41.8 Å². The third-order valence-corrected chi connectivity index (χ3v) is 4.95. The van der Waals surface area contributed by atoms with E-state index in [1.54, 1.807) is 0 Å². The first kappa shape index (κ1) is 19.9. The van der Waals surface area contributed by atoms with E-state index < -0.39 is 11.8 Å². The summed E-state index contributed by atoms with van der Waals surface area (Å²) in [4.78, 5) is 27.3. The van der Waals surface area contributed by atoms with Gasteiger partial charge in [0.05, 0.1) is 24.6 Å². The quantitative estimate of drug-likeness (QED) is 0.780. The monoisotopic (exact) mass is 381 g/mol. The molecule has 0 bridgehead atoms. The van der Waals surface area contributed by atoms with E-state index in [0.717, 1.165) is 48.4 Å². The highest BCUT2D eigenvalue weighted by Crippen LogP contribution is 2.27. The predicted molar refractivity (Wildman–Crippen MR) is 112 cm³/mol. The van der Waals surface area contributed by atoms with Crippen molar-refractivity contribution in [1.29, 1.82) is 0 Å². The van der Waals surface area contributed by atoms with E-state index in [2.05, 4.69) is 15.5 Å². The molecule has 0 radical (unpaired) electrons. The Hall–Kier alpha value is -2.86. The van der Waals surface area contributed by atoms with Crippen molar-refractivity contribution < 1.29 is 14.3 Å². The fraction of sp³-hybridized carbons (Fsp3) is 0.364. The number of rotatable bonds is 5. The molecule has 148 valence electrons. The van der Waals surface area contributed by atoms with Crippen LogP contribution in [-0.4, -0.2) is 38.1 Å². The normalized spacial score (nSPS) is 13.9. The topological polar surface area (TPSA) is 70.7 Å². The van der Waals surface area contributed by atoms with Crippen LogP contribution in [0.5, 0.6) is 0 Å². The van der Waals surface area contributed by atoms with Gasteiger partial charge in [0.25, 0.3) is 0 Å². The largest absolute Gasteiger partial charge is 0.378 e. The van der Waals surface area contributed by atoms with Gasteiger partial charge >= 0.3 is 11.8 Å². The minimum Gasteiger partial charge on any atom is -0.378 e. The molecule has 28 heavy (non-hydrogen) atoms. The molecule has 0 aromatic heterocycles. The summed E-state index contributed by atoms with van der Waals surface area (Å²) in [5, 5.41) is 5.58. The molecule has 2 N–H and O–H groups in total. The highest BCUT2D eigenvalue weighted by molar-refractivity contribution is 6.44. The number of aryl methyl sites for hydroxylation is 2. The van der Waals surface area contributed by atoms with Gasteiger partial charge in [0.2, 0.25) is 0 Å². The summed E-state index contributed by atoms with van der Waals surface area (Å²) in [5.41, 5.74) is 4.32. The molecular weight excluding hydrogens is 354 g/mol. The van der Waals surface area contributed by atoms with Gasteiger partial charge in [-0.3, -0.25) is 9.59 Å². The van der Waals surface area contributed by atoms with E-state index in [-0.39, 0.29) is 0 Å². The number of benzene rings is 2. The molecule has 1 saturated heterocycles. The van der Waals surface area contributed by atoms with Crippen LogP contribution in [0.2, 0.25) is 0 Å². The molecule has 2 aromatic rings. The highest BCUT2D eigenvalue weighted by atomic mass is 16.5. The van der Waals surface area contributed by atoms with Gasteiger partial charge in [-0.25, -0.2) is 0 Å². The van der Waals surface area contributed by atoms with E-state index in [1.807, 2.05) is 56.3 Å². The fourth-order valence-electron chi connectivity index (χ4n) is 3.41. The first-order valence-corrected chi connectivity index (χ1v) is 9.78. The van der Waals surface area contributed by atoms with Crippen LogP contribution in [0.1, 0.15) is 25.0 Å². The lowest BCUT2D eigenvalue weighted by molar-refractivity contribution is -0.133. The number of hydrogen-bond acceptors (Lipinski definition) is 4. The fourth-order valence-corrected chi connectivity index (χ4v) is 3.41. The number of carbonyl (C=O) groups is 2. The predicted octanol–water partition coefficient (Wildman–Crippen LogP) is 3.23. The third kappa shape index (κ3) is 4.51. The summed E-state index contributed by atoms with van der Waals surface area (Å²) >= 11 is 0. The molecule has 0 atom stereocenters. The molecule has 0 aliphatic carbocycles. The van der Waals surface area contributed by atoms with Gasteiger partial charge in [-0.2, -0.15) is 0 Å². The number of nitrogens with one attached hydrogen (secondary N) is 2. The lowest BCUT2D eigenvalue weighted by Gasteiger charge is -2.30. The number of ether oxygens (including phenoxy) is 1. The van der Waals surface area contributed by atoms with Crippen LogP contribution in [0.25, 0.3) is 0 Å². The van der Waals surface area contributed by atoms with Crippen molar-refractivity contribution in [3.8, 4) is 0 Å². The molecule has 1 fully saturated rings. The number of morpholine rings is 1. The van der Waals surface area contributed by atoms with E-state index in [1.165, 1.54) is 0 Å². The molecule has 0 spiro atoms. The molecule has 6 heteroatoms. The molecule has 2 aromatic carbocycles. The van der Waals surface area contributed by atoms with E-state index >= 15 is 0 Å². The summed E-state index contributed by atoms with van der Waals surface area (Å²) in [6, 6.07) is 13.4. The Morgan fingerprint density at radius 2 is 1.50 bits per heavy atom. The standard InChI is InChI=1S/C22H27N3O3/c1-3-16-8-7-9-17(4-2)20(16)24-22(27)21(26)23-18-10-5-6-11-19(18)25-12-14-28-15-13-25/h5-11H,3-4,12-15H2,1-2H3,(H,23,26)(H,24,27).